The Morgan fingerprint density at radius 1 is 1.35 bits per heavy atom. The van der Waals surface area contributed by atoms with Gasteiger partial charge in [-0.25, -0.2) is 13.1 Å². The number of nitrogens with one attached hydrogen (secondary N) is 1. The predicted octanol–water partition coefficient (Wildman–Crippen LogP) is 0.731. The lowest BCUT2D eigenvalue weighted by Gasteiger charge is -2.20. The number of halogens is 1. The van der Waals surface area contributed by atoms with Crippen molar-refractivity contribution in [1.82, 2.24) is 9.62 Å². The van der Waals surface area contributed by atoms with Crippen LogP contribution in [0.4, 0.5) is 0 Å². The molecule has 8 heteroatoms. The summed E-state index contributed by atoms with van der Waals surface area (Å²) in [6.45, 7) is 0.607. The molecule has 0 amide bonds. The molecule has 2 fully saturated rings. The Morgan fingerprint density at radius 2 is 2.00 bits per heavy atom. The smallest absolute Gasteiger partial charge is 0.208 e. The van der Waals surface area contributed by atoms with Gasteiger partial charge in [-0.3, -0.25) is 4.99 Å². The number of hydrogen-bond donors (Lipinski definition) is 2. The molecule has 2 saturated carbocycles. The summed E-state index contributed by atoms with van der Waals surface area (Å²) in [7, 11) is -1.17. The summed E-state index contributed by atoms with van der Waals surface area (Å²) in [5, 5.41) is 0. The molecule has 0 aromatic rings. The molecule has 20 heavy (non-hydrogen) atoms. The van der Waals surface area contributed by atoms with E-state index in [0.29, 0.717) is 18.5 Å². The van der Waals surface area contributed by atoms with Crippen molar-refractivity contribution in [3.63, 3.8) is 0 Å². The van der Waals surface area contributed by atoms with Crippen molar-refractivity contribution in [3.05, 3.63) is 0 Å². The van der Waals surface area contributed by atoms with E-state index in [-0.39, 0.29) is 35.9 Å². The van der Waals surface area contributed by atoms with E-state index in [4.69, 9.17) is 5.73 Å². The third-order valence-corrected chi connectivity index (χ3v) is 4.70. The zero-order valence-electron chi connectivity index (χ0n) is 12.1. The van der Waals surface area contributed by atoms with Gasteiger partial charge in [-0.2, -0.15) is 0 Å². The Hall–Kier alpha value is -0.0900. The zero-order chi connectivity index (χ0) is 14.0. The van der Waals surface area contributed by atoms with E-state index in [2.05, 4.69) is 9.71 Å². The number of sulfonamides is 1. The van der Waals surface area contributed by atoms with Gasteiger partial charge in [-0.15, -0.1) is 24.0 Å². The highest BCUT2D eigenvalue weighted by Crippen LogP contribution is 2.27. The van der Waals surface area contributed by atoms with Crippen LogP contribution in [-0.2, 0) is 10.0 Å². The Bertz CT molecular complexity index is 450. The first kappa shape index (κ1) is 18.0. The van der Waals surface area contributed by atoms with E-state index in [0.717, 1.165) is 19.3 Å². The Morgan fingerprint density at radius 3 is 2.55 bits per heavy atom. The summed E-state index contributed by atoms with van der Waals surface area (Å²) >= 11 is 0. The highest BCUT2D eigenvalue weighted by molar-refractivity contribution is 14.0. The number of nitrogens with two attached hydrogens (primary N) is 1. The van der Waals surface area contributed by atoms with Crippen LogP contribution >= 0.6 is 24.0 Å². The first-order valence-electron chi connectivity index (χ1n) is 6.87. The molecule has 0 aromatic heterocycles. The van der Waals surface area contributed by atoms with Crippen LogP contribution in [-0.4, -0.2) is 51.2 Å². The molecule has 2 aliphatic rings. The monoisotopic (exact) mass is 416 g/mol. The Balaban J connectivity index is 0.00000200. The van der Waals surface area contributed by atoms with Gasteiger partial charge in [-0.1, -0.05) is 6.42 Å². The van der Waals surface area contributed by atoms with Gasteiger partial charge in [0.05, 0.1) is 6.26 Å². The van der Waals surface area contributed by atoms with E-state index in [9.17, 15) is 8.42 Å². The molecule has 3 N–H and O–H groups in total. The molecule has 0 spiro atoms. The van der Waals surface area contributed by atoms with Crippen LogP contribution in [0.5, 0.6) is 0 Å². The highest BCUT2D eigenvalue weighted by atomic mass is 127. The standard InChI is InChI=1S/C12H24N4O2S.HI/c1-16(10-6-7-10)12(13)14-8-9-4-3-5-11(9)15-19(2,17)18;/h9-11,15H,3-8H2,1-2H3,(H2,13,14);1H. The normalized spacial score (nSPS) is 27.2. The van der Waals surface area contributed by atoms with Crippen LogP contribution in [0.2, 0.25) is 0 Å². The topological polar surface area (TPSA) is 87.8 Å². The SMILES string of the molecule is CN(C(N)=NCC1CCCC1NS(C)(=O)=O)C1CC1.I. The van der Waals surface area contributed by atoms with Crippen LogP contribution in [0.25, 0.3) is 0 Å². The highest BCUT2D eigenvalue weighted by Gasteiger charge is 2.30. The van der Waals surface area contributed by atoms with Crippen molar-refractivity contribution in [1.29, 1.82) is 0 Å². The molecular weight excluding hydrogens is 391 g/mol. The van der Waals surface area contributed by atoms with Crippen LogP contribution in [0.3, 0.4) is 0 Å². The number of nitrogens with zero attached hydrogens (tertiary/aromatic N) is 2. The van der Waals surface area contributed by atoms with Gasteiger partial charge >= 0.3 is 0 Å². The van der Waals surface area contributed by atoms with Crippen molar-refractivity contribution in [2.24, 2.45) is 16.6 Å². The molecule has 0 aromatic carbocycles. The fraction of sp³-hybridized carbons (Fsp3) is 0.917. The summed E-state index contributed by atoms with van der Waals surface area (Å²) in [4.78, 5) is 6.45. The van der Waals surface area contributed by atoms with Crippen LogP contribution in [0.15, 0.2) is 4.99 Å². The molecule has 0 saturated heterocycles. The van der Waals surface area contributed by atoms with Crippen molar-refractivity contribution in [2.45, 2.75) is 44.2 Å². The molecule has 0 bridgehead atoms. The van der Waals surface area contributed by atoms with E-state index in [1.165, 1.54) is 19.1 Å². The molecule has 0 aliphatic heterocycles. The van der Waals surface area contributed by atoms with Gasteiger partial charge in [0.2, 0.25) is 10.0 Å². The van der Waals surface area contributed by atoms with Crippen molar-refractivity contribution < 1.29 is 8.42 Å². The second-order valence-electron chi connectivity index (χ2n) is 5.73. The fourth-order valence-corrected chi connectivity index (χ4v) is 3.52. The summed E-state index contributed by atoms with van der Waals surface area (Å²) in [5.41, 5.74) is 5.95. The number of guanidine groups is 1. The van der Waals surface area contributed by atoms with Crippen LogP contribution in [0, 0.1) is 5.92 Å². The molecule has 118 valence electrons. The third-order valence-electron chi connectivity index (χ3n) is 3.97. The summed E-state index contributed by atoms with van der Waals surface area (Å²) < 4.78 is 25.3. The number of aliphatic imine (C=N–C) groups is 1. The molecular formula is C12H25IN4O2S. The van der Waals surface area contributed by atoms with Gasteiger partial charge < -0.3 is 10.6 Å². The minimum absolute atomic E-state index is 0. The van der Waals surface area contributed by atoms with Crippen molar-refractivity contribution in [3.8, 4) is 0 Å². The van der Waals surface area contributed by atoms with Gasteiger partial charge in [0.25, 0.3) is 0 Å². The fourth-order valence-electron chi connectivity index (χ4n) is 2.66. The maximum Gasteiger partial charge on any atom is 0.208 e. The summed E-state index contributed by atoms with van der Waals surface area (Å²) in [5.74, 6) is 0.841. The lowest BCUT2D eigenvalue weighted by atomic mass is 10.1. The van der Waals surface area contributed by atoms with Crippen LogP contribution in [0.1, 0.15) is 32.1 Å². The summed E-state index contributed by atoms with van der Waals surface area (Å²) in [6.07, 6.45) is 6.54. The maximum atomic E-state index is 11.3. The first-order valence-corrected chi connectivity index (χ1v) is 8.76. The lowest BCUT2D eigenvalue weighted by molar-refractivity contribution is 0.445. The Labute approximate surface area is 138 Å². The predicted molar refractivity (Wildman–Crippen MR) is 91.8 cm³/mol. The van der Waals surface area contributed by atoms with Crippen molar-refractivity contribution in [2.75, 3.05) is 19.8 Å². The van der Waals surface area contributed by atoms with E-state index >= 15 is 0 Å². The Kier molecular flexibility index (Phi) is 6.52. The maximum absolute atomic E-state index is 11.3. The first-order chi connectivity index (χ1) is 8.87. The molecule has 0 heterocycles. The zero-order valence-corrected chi connectivity index (χ0v) is 15.2. The van der Waals surface area contributed by atoms with E-state index in [1.54, 1.807) is 0 Å². The lowest BCUT2D eigenvalue weighted by Crippen LogP contribution is -2.39. The second-order valence-corrected chi connectivity index (χ2v) is 7.51. The molecule has 6 nitrogen and oxygen atoms in total. The second kappa shape index (κ2) is 7.26. The van der Waals surface area contributed by atoms with Gasteiger partial charge in [-0.05, 0) is 31.6 Å². The molecule has 2 rings (SSSR count). The largest absolute Gasteiger partial charge is 0.370 e. The average Bonchev–Trinajstić information content (AvgIpc) is 3.07. The van der Waals surface area contributed by atoms with Gasteiger partial charge in [0.1, 0.15) is 0 Å². The van der Waals surface area contributed by atoms with E-state index < -0.39 is 10.0 Å². The van der Waals surface area contributed by atoms with Crippen LogP contribution < -0.4 is 10.5 Å². The van der Waals surface area contributed by atoms with Gasteiger partial charge in [0, 0.05) is 25.7 Å². The quantitative estimate of drug-likeness (QED) is 0.393. The van der Waals surface area contributed by atoms with Crippen molar-refractivity contribution >= 4 is 40.0 Å². The minimum atomic E-state index is -3.14. The minimum Gasteiger partial charge on any atom is -0.370 e. The molecule has 0 radical (unpaired) electrons. The molecule has 2 unspecified atom stereocenters. The average molecular weight is 416 g/mol. The van der Waals surface area contributed by atoms with E-state index in [1.807, 2.05) is 11.9 Å². The summed E-state index contributed by atoms with van der Waals surface area (Å²) in [6, 6.07) is 0.565. The number of rotatable bonds is 5. The number of hydrogen-bond acceptors (Lipinski definition) is 3. The molecule has 2 aliphatic carbocycles. The van der Waals surface area contributed by atoms with Gasteiger partial charge in [0.15, 0.2) is 5.96 Å². The molecule has 2 atom stereocenters. The third kappa shape index (κ3) is 5.36.